The van der Waals surface area contributed by atoms with Crippen molar-refractivity contribution >= 4 is 11.9 Å². The molecule has 0 aromatic rings. The van der Waals surface area contributed by atoms with Crippen molar-refractivity contribution in [2.75, 3.05) is 0 Å². The van der Waals surface area contributed by atoms with Gasteiger partial charge in [-0.1, -0.05) is 13.8 Å². The van der Waals surface area contributed by atoms with Gasteiger partial charge in [0.2, 0.25) is 5.91 Å². The molecule has 1 amide bonds. The van der Waals surface area contributed by atoms with Crippen LogP contribution in [0.15, 0.2) is 0 Å². The highest BCUT2D eigenvalue weighted by Gasteiger charge is 2.36. The lowest BCUT2D eigenvalue weighted by Crippen LogP contribution is -2.55. The van der Waals surface area contributed by atoms with E-state index in [1.165, 1.54) is 0 Å². The van der Waals surface area contributed by atoms with Gasteiger partial charge in [0.25, 0.3) is 0 Å². The number of hydrogen-bond acceptors (Lipinski definition) is 3. The molecule has 0 spiro atoms. The van der Waals surface area contributed by atoms with Gasteiger partial charge >= 0.3 is 5.97 Å². The highest BCUT2D eigenvalue weighted by atomic mass is 16.4. The van der Waals surface area contributed by atoms with Gasteiger partial charge in [0.05, 0.1) is 0 Å². The molecule has 5 heteroatoms. The Balaban J connectivity index is 4.66. The summed E-state index contributed by atoms with van der Waals surface area (Å²) < 4.78 is 0. The van der Waals surface area contributed by atoms with Gasteiger partial charge in [-0.05, 0) is 26.7 Å². The van der Waals surface area contributed by atoms with E-state index in [1.54, 1.807) is 27.7 Å². The van der Waals surface area contributed by atoms with Crippen molar-refractivity contribution in [3.63, 3.8) is 0 Å². The van der Waals surface area contributed by atoms with Crippen LogP contribution in [0.2, 0.25) is 0 Å². The maximum atomic E-state index is 11.6. The molecule has 0 aliphatic carbocycles. The fourth-order valence-electron chi connectivity index (χ4n) is 1.51. The summed E-state index contributed by atoms with van der Waals surface area (Å²) in [5, 5.41) is 11.7. The van der Waals surface area contributed by atoms with Gasteiger partial charge < -0.3 is 16.2 Å². The average molecular weight is 230 g/mol. The number of rotatable bonds is 6. The molecule has 0 aromatic carbocycles. The third-order valence-electron chi connectivity index (χ3n) is 2.61. The number of nitrogens with two attached hydrogens (primary N) is 1. The first-order valence-electron chi connectivity index (χ1n) is 5.50. The Hall–Kier alpha value is -1.10. The van der Waals surface area contributed by atoms with Crippen molar-refractivity contribution < 1.29 is 14.7 Å². The summed E-state index contributed by atoms with van der Waals surface area (Å²) >= 11 is 0. The zero-order chi connectivity index (χ0) is 13.0. The Kier molecular flexibility index (Phi) is 4.93. The fraction of sp³-hybridized carbons (Fsp3) is 0.818. The van der Waals surface area contributed by atoms with Crippen molar-refractivity contribution in [1.82, 2.24) is 5.32 Å². The van der Waals surface area contributed by atoms with Crippen LogP contribution >= 0.6 is 0 Å². The van der Waals surface area contributed by atoms with Gasteiger partial charge in [0.1, 0.15) is 5.54 Å². The molecular formula is C11H22N2O3. The topological polar surface area (TPSA) is 92.4 Å². The Bertz CT molecular complexity index is 265. The Morgan fingerprint density at radius 2 is 1.69 bits per heavy atom. The normalized spacial score (nSPS) is 12.3. The Labute approximate surface area is 96.4 Å². The van der Waals surface area contributed by atoms with Crippen LogP contribution in [0.3, 0.4) is 0 Å². The molecule has 5 nitrogen and oxygen atoms in total. The molecule has 16 heavy (non-hydrogen) atoms. The highest BCUT2D eigenvalue weighted by molar-refractivity contribution is 5.87. The monoisotopic (exact) mass is 230 g/mol. The van der Waals surface area contributed by atoms with Crippen LogP contribution in [0, 0.1) is 0 Å². The van der Waals surface area contributed by atoms with Gasteiger partial charge in [0.15, 0.2) is 0 Å². The van der Waals surface area contributed by atoms with E-state index in [4.69, 9.17) is 10.8 Å². The van der Waals surface area contributed by atoms with Gasteiger partial charge in [-0.25, -0.2) is 4.79 Å². The van der Waals surface area contributed by atoms with Gasteiger partial charge in [-0.3, -0.25) is 4.79 Å². The van der Waals surface area contributed by atoms with Crippen LogP contribution in [-0.2, 0) is 9.59 Å². The zero-order valence-corrected chi connectivity index (χ0v) is 10.5. The number of carboxylic acids is 1. The summed E-state index contributed by atoms with van der Waals surface area (Å²) in [5.74, 6) is -1.32. The minimum atomic E-state index is -1.16. The van der Waals surface area contributed by atoms with Crippen molar-refractivity contribution in [2.45, 2.75) is 58.0 Å². The summed E-state index contributed by atoms with van der Waals surface area (Å²) in [6, 6.07) is 0. The first-order chi connectivity index (χ1) is 7.17. The molecule has 0 saturated carbocycles. The van der Waals surface area contributed by atoms with E-state index in [0.717, 1.165) is 0 Å². The zero-order valence-electron chi connectivity index (χ0n) is 10.5. The maximum absolute atomic E-state index is 11.6. The van der Waals surface area contributed by atoms with E-state index in [1.807, 2.05) is 0 Å². The fourth-order valence-corrected chi connectivity index (χ4v) is 1.51. The number of nitrogens with one attached hydrogen (secondary N) is 1. The molecule has 0 rings (SSSR count). The molecule has 0 heterocycles. The maximum Gasteiger partial charge on any atom is 0.329 e. The van der Waals surface area contributed by atoms with Gasteiger partial charge in [0, 0.05) is 12.0 Å². The Morgan fingerprint density at radius 1 is 1.25 bits per heavy atom. The number of aliphatic carboxylic acids is 1. The second-order valence-electron chi connectivity index (χ2n) is 4.81. The number of hydrogen-bond donors (Lipinski definition) is 3. The molecular weight excluding hydrogens is 208 g/mol. The van der Waals surface area contributed by atoms with Crippen LogP contribution in [0.5, 0.6) is 0 Å². The minimum Gasteiger partial charge on any atom is -0.480 e. The summed E-state index contributed by atoms with van der Waals surface area (Å²) in [6.45, 7) is 6.94. The number of carbonyl (C=O) groups excluding carboxylic acids is 1. The summed E-state index contributed by atoms with van der Waals surface area (Å²) in [7, 11) is 0. The van der Waals surface area contributed by atoms with Crippen LogP contribution in [0.25, 0.3) is 0 Å². The number of amides is 1. The second-order valence-corrected chi connectivity index (χ2v) is 4.81. The first-order valence-corrected chi connectivity index (χ1v) is 5.50. The third kappa shape index (κ3) is 4.18. The smallest absolute Gasteiger partial charge is 0.329 e. The molecule has 0 bridgehead atoms. The highest BCUT2D eigenvalue weighted by Crippen LogP contribution is 2.16. The molecule has 0 fully saturated rings. The molecule has 4 N–H and O–H groups in total. The van der Waals surface area contributed by atoms with Crippen molar-refractivity contribution in [2.24, 2.45) is 5.73 Å². The van der Waals surface area contributed by atoms with Crippen molar-refractivity contribution in [1.29, 1.82) is 0 Å². The quantitative estimate of drug-likeness (QED) is 0.631. The molecule has 0 unspecified atom stereocenters. The number of carbonyl (C=O) groups is 2. The Morgan fingerprint density at radius 3 is 1.94 bits per heavy atom. The molecule has 0 atom stereocenters. The van der Waals surface area contributed by atoms with Crippen molar-refractivity contribution in [3.05, 3.63) is 0 Å². The van der Waals surface area contributed by atoms with E-state index < -0.39 is 17.0 Å². The lowest BCUT2D eigenvalue weighted by atomic mass is 9.91. The molecule has 0 aliphatic rings. The molecule has 0 saturated heterocycles. The summed E-state index contributed by atoms with van der Waals surface area (Å²) in [5.41, 5.74) is 3.91. The molecule has 94 valence electrons. The molecule has 0 aromatic heterocycles. The van der Waals surface area contributed by atoms with E-state index >= 15 is 0 Å². The standard InChI is InChI=1S/C11H22N2O3/c1-5-11(6-2,9(15)16)13-8(14)7-10(3,4)12/h5-7,12H2,1-4H3,(H,13,14)(H,15,16). The van der Waals surface area contributed by atoms with Gasteiger partial charge in [-0.15, -0.1) is 0 Å². The summed E-state index contributed by atoms with van der Waals surface area (Å²) in [6.07, 6.45) is 0.827. The SMILES string of the molecule is CCC(CC)(NC(=O)CC(C)(C)N)C(=O)O. The lowest BCUT2D eigenvalue weighted by Gasteiger charge is -2.29. The summed E-state index contributed by atoms with van der Waals surface area (Å²) in [4.78, 5) is 22.8. The van der Waals surface area contributed by atoms with Gasteiger partial charge in [-0.2, -0.15) is 0 Å². The van der Waals surface area contributed by atoms with E-state index in [9.17, 15) is 9.59 Å². The average Bonchev–Trinajstić information content (AvgIpc) is 2.10. The third-order valence-corrected chi connectivity index (χ3v) is 2.61. The van der Waals surface area contributed by atoms with Crippen molar-refractivity contribution in [3.8, 4) is 0 Å². The lowest BCUT2D eigenvalue weighted by molar-refractivity contribution is -0.148. The van der Waals surface area contributed by atoms with E-state index in [0.29, 0.717) is 12.8 Å². The molecule has 0 aliphatic heterocycles. The van der Waals surface area contributed by atoms with Crippen LogP contribution in [0.4, 0.5) is 0 Å². The minimum absolute atomic E-state index is 0.113. The van der Waals surface area contributed by atoms with Crippen LogP contribution < -0.4 is 11.1 Å². The number of carboxylic acid groups (broad SMARTS) is 1. The molecule has 0 radical (unpaired) electrons. The van der Waals surface area contributed by atoms with Crippen LogP contribution in [0.1, 0.15) is 47.0 Å². The first kappa shape index (κ1) is 14.9. The van der Waals surface area contributed by atoms with E-state index in [2.05, 4.69) is 5.32 Å². The largest absolute Gasteiger partial charge is 0.480 e. The predicted octanol–water partition coefficient (Wildman–Crippen LogP) is 0.873. The predicted molar refractivity (Wildman–Crippen MR) is 62.0 cm³/mol. The van der Waals surface area contributed by atoms with Crippen LogP contribution in [-0.4, -0.2) is 28.1 Å². The second kappa shape index (κ2) is 5.30. The van der Waals surface area contributed by atoms with E-state index in [-0.39, 0.29) is 12.3 Å².